The molecular formula is C14H10Cl2N2. The molecule has 4 heteroatoms. The van der Waals surface area contributed by atoms with Crippen LogP contribution in [0.15, 0.2) is 36.4 Å². The van der Waals surface area contributed by atoms with E-state index in [-0.39, 0.29) is 0 Å². The Morgan fingerprint density at radius 1 is 1.00 bits per heavy atom. The standard InChI is InChI=1S/C14H10Cl2N2/c1-9-2-4-11(15)14(6-9)18-13-5-3-10(8-17)7-12(13)16/h2-7,18H,1H3. The van der Waals surface area contributed by atoms with Crippen LogP contribution in [-0.2, 0) is 0 Å². The molecule has 0 saturated carbocycles. The molecule has 0 spiro atoms. The Morgan fingerprint density at radius 3 is 2.44 bits per heavy atom. The number of hydrogen-bond acceptors (Lipinski definition) is 2. The highest BCUT2D eigenvalue weighted by molar-refractivity contribution is 6.34. The second-order valence-corrected chi connectivity index (χ2v) is 4.73. The summed E-state index contributed by atoms with van der Waals surface area (Å²) in [5.41, 5.74) is 3.15. The molecule has 2 rings (SSSR count). The summed E-state index contributed by atoms with van der Waals surface area (Å²) in [4.78, 5) is 0. The minimum atomic E-state index is 0.492. The molecule has 2 nitrogen and oxygen atoms in total. The van der Waals surface area contributed by atoms with Crippen molar-refractivity contribution in [3.8, 4) is 6.07 Å². The number of aryl methyl sites for hydroxylation is 1. The second-order valence-electron chi connectivity index (χ2n) is 3.91. The summed E-state index contributed by atoms with van der Waals surface area (Å²) < 4.78 is 0. The average Bonchev–Trinajstić information content (AvgIpc) is 2.36. The van der Waals surface area contributed by atoms with Crippen molar-refractivity contribution in [2.45, 2.75) is 6.92 Å². The molecule has 0 aliphatic rings. The summed E-state index contributed by atoms with van der Waals surface area (Å²) in [6.45, 7) is 1.99. The lowest BCUT2D eigenvalue weighted by Crippen LogP contribution is -1.93. The molecule has 0 saturated heterocycles. The summed E-state index contributed by atoms with van der Waals surface area (Å²) in [5.74, 6) is 0. The topological polar surface area (TPSA) is 35.8 Å². The van der Waals surface area contributed by atoms with E-state index >= 15 is 0 Å². The molecule has 90 valence electrons. The zero-order valence-corrected chi connectivity index (χ0v) is 11.2. The van der Waals surface area contributed by atoms with E-state index in [0.29, 0.717) is 15.6 Å². The Hall–Kier alpha value is -1.69. The molecule has 0 aromatic heterocycles. The molecule has 2 aromatic rings. The van der Waals surface area contributed by atoms with Crippen LogP contribution < -0.4 is 5.32 Å². The molecule has 0 amide bonds. The number of halogens is 2. The average molecular weight is 277 g/mol. The number of nitrogens with one attached hydrogen (secondary N) is 1. The van der Waals surface area contributed by atoms with Crippen LogP contribution in [0.4, 0.5) is 11.4 Å². The van der Waals surface area contributed by atoms with Crippen LogP contribution >= 0.6 is 23.2 Å². The summed E-state index contributed by atoms with van der Waals surface area (Å²) >= 11 is 12.2. The third kappa shape index (κ3) is 2.76. The molecule has 0 aliphatic carbocycles. The first kappa shape index (κ1) is 12.8. The maximum absolute atomic E-state index is 8.77. The maximum Gasteiger partial charge on any atom is 0.0992 e. The van der Waals surface area contributed by atoms with Crippen molar-refractivity contribution in [2.75, 3.05) is 5.32 Å². The Kier molecular flexibility index (Phi) is 3.76. The highest BCUT2D eigenvalue weighted by atomic mass is 35.5. The predicted molar refractivity (Wildman–Crippen MR) is 75.6 cm³/mol. The summed E-state index contributed by atoms with van der Waals surface area (Å²) in [7, 11) is 0. The number of benzene rings is 2. The molecule has 0 radical (unpaired) electrons. The fourth-order valence-electron chi connectivity index (χ4n) is 1.57. The van der Waals surface area contributed by atoms with Crippen molar-refractivity contribution in [1.82, 2.24) is 0 Å². The highest BCUT2D eigenvalue weighted by Gasteiger charge is 2.05. The zero-order valence-electron chi connectivity index (χ0n) is 9.67. The first-order chi connectivity index (χ1) is 8.60. The Morgan fingerprint density at radius 2 is 1.78 bits per heavy atom. The Balaban J connectivity index is 2.34. The lowest BCUT2D eigenvalue weighted by Gasteiger charge is -2.11. The monoisotopic (exact) mass is 276 g/mol. The van der Waals surface area contributed by atoms with E-state index in [1.807, 2.05) is 31.2 Å². The van der Waals surface area contributed by atoms with Crippen LogP contribution in [0.5, 0.6) is 0 Å². The van der Waals surface area contributed by atoms with Gasteiger partial charge in [0.2, 0.25) is 0 Å². The van der Waals surface area contributed by atoms with Gasteiger partial charge in [-0.3, -0.25) is 0 Å². The van der Waals surface area contributed by atoms with E-state index < -0.39 is 0 Å². The van der Waals surface area contributed by atoms with E-state index in [0.717, 1.165) is 16.9 Å². The van der Waals surface area contributed by atoms with Gasteiger partial charge in [-0.2, -0.15) is 5.26 Å². The first-order valence-electron chi connectivity index (χ1n) is 5.33. The van der Waals surface area contributed by atoms with Crippen molar-refractivity contribution in [2.24, 2.45) is 0 Å². The Labute approximate surface area is 116 Å². The number of nitrogens with zero attached hydrogens (tertiary/aromatic N) is 1. The molecule has 1 N–H and O–H groups in total. The van der Waals surface area contributed by atoms with Crippen molar-refractivity contribution in [3.63, 3.8) is 0 Å². The van der Waals surface area contributed by atoms with E-state index in [1.165, 1.54) is 0 Å². The first-order valence-corrected chi connectivity index (χ1v) is 6.08. The summed E-state index contributed by atoms with van der Waals surface area (Å²) in [6, 6.07) is 12.8. The lowest BCUT2D eigenvalue weighted by molar-refractivity contribution is 1.44. The molecule has 0 atom stereocenters. The van der Waals surface area contributed by atoms with Crippen LogP contribution in [0.1, 0.15) is 11.1 Å². The van der Waals surface area contributed by atoms with Gasteiger partial charge in [-0.1, -0.05) is 29.3 Å². The minimum absolute atomic E-state index is 0.492. The molecule has 0 unspecified atom stereocenters. The summed E-state index contributed by atoms with van der Waals surface area (Å²) in [5, 5.41) is 13.1. The number of hydrogen-bond donors (Lipinski definition) is 1. The molecule has 2 aromatic carbocycles. The van der Waals surface area contributed by atoms with Crippen LogP contribution in [0.25, 0.3) is 0 Å². The molecular weight excluding hydrogens is 267 g/mol. The highest BCUT2D eigenvalue weighted by Crippen LogP contribution is 2.30. The van der Waals surface area contributed by atoms with Crippen LogP contribution in [-0.4, -0.2) is 0 Å². The molecule has 0 heterocycles. The number of anilines is 2. The smallest absolute Gasteiger partial charge is 0.0992 e. The minimum Gasteiger partial charge on any atom is -0.353 e. The largest absolute Gasteiger partial charge is 0.353 e. The zero-order chi connectivity index (χ0) is 13.1. The van der Waals surface area contributed by atoms with E-state index in [1.54, 1.807) is 18.2 Å². The van der Waals surface area contributed by atoms with Gasteiger partial charge >= 0.3 is 0 Å². The van der Waals surface area contributed by atoms with Crippen LogP contribution in [0, 0.1) is 18.3 Å². The number of nitriles is 1. The van der Waals surface area contributed by atoms with Crippen LogP contribution in [0.2, 0.25) is 10.0 Å². The SMILES string of the molecule is Cc1ccc(Cl)c(Nc2ccc(C#N)cc2Cl)c1. The van der Waals surface area contributed by atoms with Crippen molar-refractivity contribution >= 4 is 34.6 Å². The van der Waals surface area contributed by atoms with E-state index in [4.69, 9.17) is 28.5 Å². The molecule has 0 bridgehead atoms. The van der Waals surface area contributed by atoms with Crippen molar-refractivity contribution in [3.05, 3.63) is 57.6 Å². The van der Waals surface area contributed by atoms with Crippen molar-refractivity contribution in [1.29, 1.82) is 5.26 Å². The van der Waals surface area contributed by atoms with Gasteiger partial charge < -0.3 is 5.32 Å². The van der Waals surface area contributed by atoms with Gasteiger partial charge in [-0.15, -0.1) is 0 Å². The van der Waals surface area contributed by atoms with Gasteiger partial charge in [-0.25, -0.2) is 0 Å². The lowest BCUT2D eigenvalue weighted by atomic mass is 10.2. The third-order valence-electron chi connectivity index (χ3n) is 2.49. The van der Waals surface area contributed by atoms with E-state index in [9.17, 15) is 0 Å². The van der Waals surface area contributed by atoms with Gasteiger partial charge in [0, 0.05) is 0 Å². The molecule has 0 aliphatic heterocycles. The maximum atomic E-state index is 8.77. The summed E-state index contributed by atoms with van der Waals surface area (Å²) in [6.07, 6.45) is 0. The van der Waals surface area contributed by atoms with Gasteiger partial charge in [0.15, 0.2) is 0 Å². The van der Waals surface area contributed by atoms with Gasteiger partial charge in [0.25, 0.3) is 0 Å². The molecule has 0 fully saturated rings. The number of rotatable bonds is 2. The van der Waals surface area contributed by atoms with Gasteiger partial charge in [0.05, 0.1) is 33.1 Å². The van der Waals surface area contributed by atoms with Crippen LogP contribution in [0.3, 0.4) is 0 Å². The second kappa shape index (κ2) is 5.30. The van der Waals surface area contributed by atoms with E-state index in [2.05, 4.69) is 5.32 Å². The van der Waals surface area contributed by atoms with Gasteiger partial charge in [0.1, 0.15) is 0 Å². The quantitative estimate of drug-likeness (QED) is 0.845. The Bertz CT molecular complexity index is 630. The van der Waals surface area contributed by atoms with Crippen molar-refractivity contribution < 1.29 is 0 Å². The fraction of sp³-hybridized carbons (Fsp3) is 0.0714. The fourth-order valence-corrected chi connectivity index (χ4v) is 1.96. The van der Waals surface area contributed by atoms with Gasteiger partial charge in [-0.05, 0) is 42.8 Å². The third-order valence-corrected chi connectivity index (χ3v) is 3.13. The normalized spacial score (nSPS) is 9.89. The molecule has 18 heavy (non-hydrogen) atoms. The predicted octanol–water partition coefficient (Wildman–Crippen LogP) is 4.92.